The Morgan fingerprint density at radius 3 is 2.74 bits per heavy atom. The summed E-state index contributed by atoms with van der Waals surface area (Å²) in [5.74, 6) is -0.290. The maximum Gasteiger partial charge on any atom is 0.335 e. The summed E-state index contributed by atoms with van der Waals surface area (Å²) in [5, 5.41) is 8.80. The van der Waals surface area contributed by atoms with Crippen molar-refractivity contribution in [1.29, 1.82) is 0 Å². The van der Waals surface area contributed by atoms with Crippen LogP contribution in [0.1, 0.15) is 29.4 Å². The molecule has 0 radical (unpaired) electrons. The third kappa shape index (κ3) is 3.34. The van der Waals surface area contributed by atoms with Crippen LogP contribution in [-0.4, -0.2) is 20.6 Å². The smallest absolute Gasteiger partial charge is 0.335 e. The molecule has 19 heavy (non-hydrogen) atoms. The lowest BCUT2D eigenvalue weighted by atomic mass is 10.2. The Morgan fingerprint density at radius 1 is 1.37 bits per heavy atom. The number of carbonyl (C=O) groups is 1. The molecule has 0 amide bonds. The minimum absolute atomic E-state index is 0.253. The molecule has 0 aliphatic heterocycles. The number of hydrogen-bond donors (Lipinski definition) is 1. The lowest BCUT2D eigenvalue weighted by Gasteiger charge is -2.09. The number of rotatable bonds is 6. The summed E-state index contributed by atoms with van der Waals surface area (Å²) in [4.78, 5) is 14.8. The number of aryl methyl sites for hydroxylation is 1. The van der Waals surface area contributed by atoms with Crippen molar-refractivity contribution in [2.45, 2.75) is 26.5 Å². The van der Waals surface area contributed by atoms with Gasteiger partial charge in [-0.3, -0.25) is 0 Å². The number of aromatic carboxylic acids is 1. The molecule has 2 rings (SSSR count). The Hall–Kier alpha value is -2.30. The van der Waals surface area contributed by atoms with E-state index in [9.17, 15) is 4.79 Å². The molecule has 0 unspecified atom stereocenters. The van der Waals surface area contributed by atoms with E-state index in [1.165, 1.54) is 12.1 Å². The monoisotopic (exact) mass is 260 g/mol. The molecule has 0 atom stereocenters. The normalized spacial score (nSPS) is 10.4. The van der Waals surface area contributed by atoms with Crippen molar-refractivity contribution in [3.05, 3.63) is 48.0 Å². The van der Waals surface area contributed by atoms with E-state index in [2.05, 4.69) is 11.9 Å². The molecule has 2 aromatic rings. The molecular formula is C14H16N2O3. The second-order valence-corrected chi connectivity index (χ2v) is 4.20. The SMILES string of the molecule is CCCn1cncc1COc1ccc(C(=O)O)cc1. The minimum Gasteiger partial charge on any atom is -0.487 e. The third-order valence-corrected chi connectivity index (χ3v) is 2.75. The predicted octanol–water partition coefficient (Wildman–Crippen LogP) is 2.57. The van der Waals surface area contributed by atoms with Gasteiger partial charge in [0.15, 0.2) is 0 Å². The molecular weight excluding hydrogens is 244 g/mol. The van der Waals surface area contributed by atoms with Crippen molar-refractivity contribution < 1.29 is 14.6 Å². The Kier molecular flexibility index (Phi) is 4.18. The molecule has 1 N–H and O–H groups in total. The van der Waals surface area contributed by atoms with Crippen LogP contribution < -0.4 is 4.74 Å². The molecule has 1 aromatic carbocycles. The topological polar surface area (TPSA) is 64.4 Å². The third-order valence-electron chi connectivity index (χ3n) is 2.75. The van der Waals surface area contributed by atoms with Gasteiger partial charge in [0.1, 0.15) is 12.4 Å². The molecule has 0 saturated heterocycles. The van der Waals surface area contributed by atoms with Gasteiger partial charge in [0, 0.05) is 6.54 Å². The van der Waals surface area contributed by atoms with Gasteiger partial charge < -0.3 is 14.4 Å². The molecule has 5 nitrogen and oxygen atoms in total. The summed E-state index contributed by atoms with van der Waals surface area (Å²) in [6.07, 6.45) is 4.60. The van der Waals surface area contributed by atoms with Gasteiger partial charge in [-0.15, -0.1) is 0 Å². The van der Waals surface area contributed by atoms with Crippen LogP contribution in [0.3, 0.4) is 0 Å². The quantitative estimate of drug-likeness (QED) is 0.867. The van der Waals surface area contributed by atoms with Crippen LogP contribution in [0, 0.1) is 0 Å². The summed E-state index contributed by atoms with van der Waals surface area (Å²) < 4.78 is 7.67. The Bertz CT molecular complexity index is 546. The number of hydrogen-bond acceptors (Lipinski definition) is 3. The van der Waals surface area contributed by atoms with Crippen molar-refractivity contribution in [1.82, 2.24) is 9.55 Å². The van der Waals surface area contributed by atoms with Crippen LogP contribution in [0.25, 0.3) is 0 Å². The molecule has 0 bridgehead atoms. The number of benzene rings is 1. The van der Waals surface area contributed by atoms with Crippen molar-refractivity contribution in [2.24, 2.45) is 0 Å². The highest BCUT2D eigenvalue weighted by Crippen LogP contribution is 2.14. The largest absolute Gasteiger partial charge is 0.487 e. The van der Waals surface area contributed by atoms with Gasteiger partial charge in [0.25, 0.3) is 0 Å². The summed E-state index contributed by atoms with van der Waals surface area (Å²) in [6.45, 7) is 3.44. The molecule has 0 saturated carbocycles. The summed E-state index contributed by atoms with van der Waals surface area (Å²) in [7, 11) is 0. The lowest BCUT2D eigenvalue weighted by Crippen LogP contribution is -2.05. The lowest BCUT2D eigenvalue weighted by molar-refractivity contribution is 0.0697. The number of carboxylic acids is 1. The molecule has 0 aliphatic rings. The van der Waals surface area contributed by atoms with E-state index in [1.54, 1.807) is 24.7 Å². The van der Waals surface area contributed by atoms with E-state index in [0.717, 1.165) is 18.7 Å². The average molecular weight is 260 g/mol. The first-order valence-electron chi connectivity index (χ1n) is 6.16. The van der Waals surface area contributed by atoms with Crippen LogP contribution in [0.4, 0.5) is 0 Å². The number of ether oxygens (including phenoxy) is 1. The van der Waals surface area contributed by atoms with Crippen molar-refractivity contribution in [3.8, 4) is 5.75 Å². The molecule has 0 aliphatic carbocycles. The fourth-order valence-electron chi connectivity index (χ4n) is 1.76. The van der Waals surface area contributed by atoms with Crippen molar-refractivity contribution in [2.75, 3.05) is 0 Å². The highest BCUT2D eigenvalue weighted by molar-refractivity contribution is 5.87. The van der Waals surface area contributed by atoms with Crippen LogP contribution in [-0.2, 0) is 13.2 Å². The first kappa shape index (κ1) is 13.1. The van der Waals surface area contributed by atoms with Gasteiger partial charge in [0.2, 0.25) is 0 Å². The van der Waals surface area contributed by atoms with E-state index < -0.39 is 5.97 Å². The molecule has 1 aromatic heterocycles. The predicted molar refractivity (Wildman–Crippen MR) is 70.3 cm³/mol. The highest BCUT2D eigenvalue weighted by atomic mass is 16.5. The Morgan fingerprint density at radius 2 is 2.11 bits per heavy atom. The summed E-state index contributed by atoms with van der Waals surface area (Å²) in [5.41, 5.74) is 1.26. The van der Waals surface area contributed by atoms with E-state index in [4.69, 9.17) is 9.84 Å². The minimum atomic E-state index is -0.937. The maximum atomic E-state index is 10.7. The average Bonchev–Trinajstić information content (AvgIpc) is 2.85. The second kappa shape index (κ2) is 6.04. The first-order valence-corrected chi connectivity index (χ1v) is 6.16. The van der Waals surface area contributed by atoms with Crippen LogP contribution in [0.5, 0.6) is 5.75 Å². The van der Waals surface area contributed by atoms with Crippen molar-refractivity contribution >= 4 is 5.97 Å². The van der Waals surface area contributed by atoms with E-state index in [0.29, 0.717) is 12.4 Å². The van der Waals surface area contributed by atoms with E-state index in [-0.39, 0.29) is 5.56 Å². The van der Waals surface area contributed by atoms with Gasteiger partial charge in [-0.25, -0.2) is 9.78 Å². The zero-order valence-electron chi connectivity index (χ0n) is 10.7. The summed E-state index contributed by atoms with van der Waals surface area (Å²) in [6, 6.07) is 6.37. The zero-order valence-corrected chi connectivity index (χ0v) is 10.7. The van der Waals surface area contributed by atoms with Crippen LogP contribution >= 0.6 is 0 Å². The van der Waals surface area contributed by atoms with Gasteiger partial charge >= 0.3 is 5.97 Å². The fourth-order valence-corrected chi connectivity index (χ4v) is 1.76. The standard InChI is InChI=1S/C14H16N2O3/c1-2-7-16-10-15-8-12(16)9-19-13-5-3-11(4-6-13)14(17)18/h3-6,8,10H,2,7,9H2,1H3,(H,17,18). The maximum absolute atomic E-state index is 10.7. The molecule has 100 valence electrons. The van der Waals surface area contributed by atoms with Crippen molar-refractivity contribution in [3.63, 3.8) is 0 Å². The summed E-state index contributed by atoms with van der Waals surface area (Å²) >= 11 is 0. The zero-order chi connectivity index (χ0) is 13.7. The fraction of sp³-hybridized carbons (Fsp3) is 0.286. The number of carboxylic acid groups (broad SMARTS) is 1. The van der Waals surface area contributed by atoms with Crippen LogP contribution in [0.15, 0.2) is 36.8 Å². The van der Waals surface area contributed by atoms with Gasteiger partial charge in [-0.2, -0.15) is 0 Å². The van der Waals surface area contributed by atoms with Crippen LogP contribution in [0.2, 0.25) is 0 Å². The second-order valence-electron chi connectivity index (χ2n) is 4.20. The number of nitrogens with zero attached hydrogens (tertiary/aromatic N) is 2. The van der Waals surface area contributed by atoms with E-state index >= 15 is 0 Å². The Labute approximate surface area is 111 Å². The molecule has 0 spiro atoms. The number of aromatic nitrogens is 2. The van der Waals surface area contributed by atoms with Gasteiger partial charge in [-0.1, -0.05) is 6.92 Å². The molecule has 5 heteroatoms. The number of imidazole rings is 1. The molecule has 0 fully saturated rings. The highest BCUT2D eigenvalue weighted by Gasteiger charge is 2.04. The van der Waals surface area contributed by atoms with Gasteiger partial charge in [0.05, 0.1) is 23.8 Å². The van der Waals surface area contributed by atoms with E-state index in [1.807, 2.05) is 4.57 Å². The van der Waals surface area contributed by atoms with Gasteiger partial charge in [-0.05, 0) is 30.7 Å². The Balaban J connectivity index is 1.98. The first-order chi connectivity index (χ1) is 9.20. The molecule has 1 heterocycles.